The first-order valence-electron chi connectivity index (χ1n) is 10.4. The molecule has 0 spiro atoms. The van der Waals surface area contributed by atoms with Gasteiger partial charge in [0, 0.05) is 17.8 Å². The van der Waals surface area contributed by atoms with Gasteiger partial charge in [-0.3, -0.25) is 20.4 Å². The van der Waals surface area contributed by atoms with Crippen LogP contribution in [0.2, 0.25) is 0 Å². The smallest absolute Gasteiger partial charge is 0.273 e. The third kappa shape index (κ3) is 5.13. The number of phenols is 1. The molecule has 1 heterocycles. The van der Waals surface area contributed by atoms with Crippen molar-refractivity contribution in [3.8, 4) is 28.4 Å². The van der Waals surface area contributed by atoms with E-state index in [2.05, 4.69) is 16.0 Å². The summed E-state index contributed by atoms with van der Waals surface area (Å²) in [6, 6.07) is 23.5. The monoisotopic (exact) mass is 454 g/mol. The maximum atomic E-state index is 12.9. The molecule has 0 aliphatic carbocycles. The van der Waals surface area contributed by atoms with Gasteiger partial charge < -0.3 is 9.84 Å². The lowest BCUT2D eigenvalue weighted by atomic mass is 10.1. The van der Waals surface area contributed by atoms with Crippen molar-refractivity contribution in [1.29, 1.82) is 0 Å². The second kappa shape index (κ2) is 10.2. The normalized spacial score (nSPS) is 10.7. The van der Waals surface area contributed by atoms with E-state index in [1.807, 2.05) is 60.7 Å². The zero-order valence-electron chi connectivity index (χ0n) is 18.3. The Hall–Kier alpha value is -4.85. The lowest BCUT2D eigenvalue weighted by Gasteiger charge is -2.06. The van der Waals surface area contributed by atoms with Gasteiger partial charge in [-0.15, -0.1) is 0 Å². The molecule has 4 rings (SSSR count). The van der Waals surface area contributed by atoms with Crippen LogP contribution >= 0.6 is 0 Å². The molecule has 0 unspecified atom stereocenters. The van der Waals surface area contributed by atoms with Crippen molar-refractivity contribution >= 4 is 17.9 Å². The summed E-state index contributed by atoms with van der Waals surface area (Å²) >= 11 is 0. The first-order valence-corrected chi connectivity index (χ1v) is 10.4. The van der Waals surface area contributed by atoms with Gasteiger partial charge in [-0.25, -0.2) is 4.68 Å². The molecule has 3 N–H and O–H groups in total. The van der Waals surface area contributed by atoms with Gasteiger partial charge in [0.25, 0.3) is 11.8 Å². The molecule has 1 aromatic heterocycles. The van der Waals surface area contributed by atoms with E-state index in [1.165, 1.54) is 25.3 Å². The van der Waals surface area contributed by atoms with Crippen molar-refractivity contribution in [3.63, 3.8) is 0 Å². The van der Waals surface area contributed by atoms with Gasteiger partial charge in [0.15, 0.2) is 11.5 Å². The molecule has 0 saturated heterocycles. The largest absolute Gasteiger partial charge is 0.504 e. The van der Waals surface area contributed by atoms with Crippen LogP contribution in [0.1, 0.15) is 15.9 Å². The number of phenolic OH excluding ortho intramolecular Hbond substituents is 1. The number of aromatic nitrogens is 2. The van der Waals surface area contributed by atoms with E-state index in [0.29, 0.717) is 22.6 Å². The number of methoxy groups -OCH3 is 1. The summed E-state index contributed by atoms with van der Waals surface area (Å²) in [4.78, 5) is 25.2. The number of hydrazine groups is 1. The number of amides is 2. The lowest BCUT2D eigenvalue weighted by Crippen LogP contribution is -2.40. The molecule has 4 aromatic rings. The molecule has 0 aliphatic rings. The van der Waals surface area contributed by atoms with Crippen LogP contribution in [0.5, 0.6) is 11.5 Å². The molecular formula is C26H22N4O4. The number of hydrogen-bond acceptors (Lipinski definition) is 5. The van der Waals surface area contributed by atoms with Crippen LogP contribution in [0.4, 0.5) is 0 Å². The Morgan fingerprint density at radius 1 is 0.971 bits per heavy atom. The minimum Gasteiger partial charge on any atom is -0.504 e. The molecule has 0 bridgehead atoms. The van der Waals surface area contributed by atoms with E-state index < -0.39 is 11.8 Å². The lowest BCUT2D eigenvalue weighted by molar-refractivity contribution is -0.117. The summed E-state index contributed by atoms with van der Waals surface area (Å²) in [7, 11) is 1.44. The van der Waals surface area contributed by atoms with E-state index in [4.69, 9.17) is 4.74 Å². The SMILES string of the molecule is COc1cc(/C=C/C(=O)NNC(=O)c2cn(-c3ccccc3)nc2-c2ccccc2)ccc1O. The van der Waals surface area contributed by atoms with Gasteiger partial charge in [0.2, 0.25) is 0 Å². The van der Waals surface area contributed by atoms with Crippen LogP contribution in [-0.4, -0.2) is 33.8 Å². The Morgan fingerprint density at radius 2 is 1.68 bits per heavy atom. The molecule has 170 valence electrons. The molecule has 34 heavy (non-hydrogen) atoms. The van der Waals surface area contributed by atoms with E-state index in [1.54, 1.807) is 23.0 Å². The zero-order valence-corrected chi connectivity index (χ0v) is 18.3. The maximum Gasteiger partial charge on any atom is 0.273 e. The number of benzene rings is 3. The molecule has 8 heteroatoms. The van der Waals surface area contributed by atoms with Gasteiger partial charge in [0.05, 0.1) is 18.4 Å². The highest BCUT2D eigenvalue weighted by Gasteiger charge is 2.19. The summed E-state index contributed by atoms with van der Waals surface area (Å²) in [6.07, 6.45) is 4.42. The Morgan fingerprint density at radius 3 is 2.38 bits per heavy atom. The zero-order chi connectivity index (χ0) is 23.9. The third-order valence-corrected chi connectivity index (χ3v) is 4.96. The molecule has 0 aliphatic heterocycles. The summed E-state index contributed by atoms with van der Waals surface area (Å²) in [6.45, 7) is 0. The van der Waals surface area contributed by atoms with Crippen LogP contribution in [0.25, 0.3) is 23.0 Å². The van der Waals surface area contributed by atoms with Crippen molar-refractivity contribution in [2.45, 2.75) is 0 Å². The topological polar surface area (TPSA) is 105 Å². The van der Waals surface area contributed by atoms with Crippen LogP contribution in [0.15, 0.2) is 91.1 Å². The predicted molar refractivity (Wildman–Crippen MR) is 128 cm³/mol. The van der Waals surface area contributed by atoms with E-state index in [-0.39, 0.29) is 5.75 Å². The Bertz CT molecular complexity index is 1330. The summed E-state index contributed by atoms with van der Waals surface area (Å²) in [5, 5.41) is 14.3. The predicted octanol–water partition coefficient (Wildman–Crippen LogP) is 3.73. The number of carbonyl (C=O) groups is 2. The van der Waals surface area contributed by atoms with Crippen LogP contribution < -0.4 is 15.6 Å². The number of carbonyl (C=O) groups excluding carboxylic acids is 2. The van der Waals surface area contributed by atoms with Gasteiger partial charge in [0.1, 0.15) is 5.69 Å². The fourth-order valence-electron chi connectivity index (χ4n) is 3.26. The van der Waals surface area contributed by atoms with Gasteiger partial charge in [-0.05, 0) is 35.9 Å². The van der Waals surface area contributed by atoms with E-state index >= 15 is 0 Å². The van der Waals surface area contributed by atoms with Crippen LogP contribution in [-0.2, 0) is 4.79 Å². The standard InChI is InChI=1S/C26H22N4O4/c1-34-23-16-18(12-14-22(23)31)13-15-24(32)27-28-26(33)21-17-30(20-10-6-3-7-11-20)29-25(21)19-8-4-2-5-9-19/h2-17,31H,1H3,(H,27,32)(H,28,33)/b15-13+. The van der Waals surface area contributed by atoms with Crippen molar-refractivity contribution in [2.24, 2.45) is 0 Å². The molecular weight excluding hydrogens is 432 g/mol. The first kappa shape index (κ1) is 22.3. The minimum absolute atomic E-state index is 0.00151. The number of rotatable bonds is 6. The molecule has 0 radical (unpaired) electrons. The number of nitrogens with zero attached hydrogens (tertiary/aromatic N) is 2. The maximum absolute atomic E-state index is 12.9. The summed E-state index contributed by atoms with van der Waals surface area (Å²) in [5.41, 5.74) is 7.83. The number of hydrogen-bond donors (Lipinski definition) is 3. The fourth-order valence-corrected chi connectivity index (χ4v) is 3.26. The third-order valence-electron chi connectivity index (χ3n) is 4.96. The number of nitrogens with one attached hydrogen (secondary N) is 2. The average Bonchev–Trinajstić information content (AvgIpc) is 3.33. The number of aromatic hydroxyl groups is 1. The second-order valence-corrected chi connectivity index (χ2v) is 7.25. The number of ether oxygens (including phenoxy) is 1. The van der Waals surface area contributed by atoms with Crippen LogP contribution in [0, 0.1) is 0 Å². The minimum atomic E-state index is -0.530. The van der Waals surface area contributed by atoms with Gasteiger partial charge >= 0.3 is 0 Å². The Kier molecular flexibility index (Phi) is 6.69. The first-order chi connectivity index (χ1) is 16.5. The van der Waals surface area contributed by atoms with Crippen molar-refractivity contribution < 1.29 is 19.4 Å². The molecule has 0 atom stereocenters. The van der Waals surface area contributed by atoms with E-state index in [9.17, 15) is 14.7 Å². The quantitative estimate of drug-likeness (QED) is 0.304. The molecule has 0 saturated carbocycles. The van der Waals surface area contributed by atoms with Crippen molar-refractivity contribution in [1.82, 2.24) is 20.6 Å². The Labute approximate surface area is 196 Å². The highest BCUT2D eigenvalue weighted by molar-refractivity contribution is 6.01. The highest BCUT2D eigenvalue weighted by Crippen LogP contribution is 2.27. The molecule has 3 aromatic carbocycles. The molecule has 8 nitrogen and oxygen atoms in total. The van der Waals surface area contributed by atoms with Crippen molar-refractivity contribution in [2.75, 3.05) is 7.11 Å². The van der Waals surface area contributed by atoms with Crippen LogP contribution in [0.3, 0.4) is 0 Å². The molecule has 2 amide bonds. The summed E-state index contributed by atoms with van der Waals surface area (Å²) < 4.78 is 6.67. The summed E-state index contributed by atoms with van der Waals surface area (Å²) in [5.74, 6) is -0.743. The average molecular weight is 454 g/mol. The highest BCUT2D eigenvalue weighted by atomic mass is 16.5. The van der Waals surface area contributed by atoms with Crippen molar-refractivity contribution in [3.05, 3.63) is 102 Å². The van der Waals surface area contributed by atoms with E-state index in [0.717, 1.165) is 11.3 Å². The molecule has 0 fully saturated rings. The van der Waals surface area contributed by atoms with Gasteiger partial charge in [-0.1, -0.05) is 54.6 Å². The van der Waals surface area contributed by atoms with Gasteiger partial charge in [-0.2, -0.15) is 5.10 Å². The second-order valence-electron chi connectivity index (χ2n) is 7.25. The Balaban J connectivity index is 1.50. The number of para-hydroxylation sites is 1. The fraction of sp³-hybridized carbons (Fsp3) is 0.0385.